The molecule has 0 radical (unpaired) electrons. The van der Waals surface area contributed by atoms with E-state index in [4.69, 9.17) is 9.47 Å². The fourth-order valence-electron chi connectivity index (χ4n) is 4.68. The Balaban J connectivity index is 1.19. The molecule has 1 atom stereocenters. The minimum Gasteiger partial charge on any atom is -0.497 e. The highest BCUT2D eigenvalue weighted by atomic mass is 32.2. The number of hydrogen-bond acceptors (Lipinski definition) is 10. The predicted octanol–water partition coefficient (Wildman–Crippen LogP) is 4.06. The Hall–Kier alpha value is -4.11. The summed E-state index contributed by atoms with van der Waals surface area (Å²) in [5.41, 5.74) is -0.625. The molecule has 0 amide bonds. The maximum atomic E-state index is 14.0. The van der Waals surface area contributed by atoms with Gasteiger partial charge in [0.1, 0.15) is 11.3 Å². The molecule has 0 saturated carbocycles. The molecule has 1 N–H and O–H groups in total. The Morgan fingerprint density at radius 2 is 1.86 bits per heavy atom. The predicted molar refractivity (Wildman–Crippen MR) is 155 cm³/mol. The lowest BCUT2D eigenvalue weighted by molar-refractivity contribution is -0.138. The van der Waals surface area contributed by atoms with Crippen LogP contribution in [0.3, 0.4) is 0 Å². The summed E-state index contributed by atoms with van der Waals surface area (Å²) in [6, 6.07) is 8.05. The number of methoxy groups -OCH3 is 1. The first-order chi connectivity index (χ1) is 20.6. The summed E-state index contributed by atoms with van der Waals surface area (Å²) in [5, 5.41) is 11.3. The molecule has 4 heterocycles. The molecule has 4 aromatic rings. The lowest BCUT2D eigenvalue weighted by atomic mass is 10.2. The fraction of sp³-hybridized carbons (Fsp3) is 0.393. The van der Waals surface area contributed by atoms with Gasteiger partial charge in [0.15, 0.2) is 0 Å². The van der Waals surface area contributed by atoms with E-state index in [9.17, 15) is 18.0 Å². The smallest absolute Gasteiger partial charge is 0.423 e. The van der Waals surface area contributed by atoms with E-state index in [-0.39, 0.29) is 19.8 Å². The van der Waals surface area contributed by atoms with Crippen LogP contribution in [0.5, 0.6) is 5.75 Å². The molecule has 43 heavy (non-hydrogen) atoms. The van der Waals surface area contributed by atoms with Gasteiger partial charge in [0.2, 0.25) is 5.95 Å². The molecule has 0 aliphatic carbocycles. The Morgan fingerprint density at radius 1 is 1.12 bits per heavy atom. The van der Waals surface area contributed by atoms with Crippen LogP contribution in [0.15, 0.2) is 58.6 Å². The molecule has 0 fully saturated rings. The maximum absolute atomic E-state index is 14.0. The van der Waals surface area contributed by atoms with Crippen LogP contribution in [0, 0.1) is 0 Å². The van der Waals surface area contributed by atoms with E-state index in [1.807, 2.05) is 17.0 Å². The van der Waals surface area contributed by atoms with Crippen LogP contribution in [0.25, 0.3) is 0 Å². The number of nitrogens with one attached hydrogen (secondary N) is 1. The summed E-state index contributed by atoms with van der Waals surface area (Å²) in [6.45, 7) is 3.78. The van der Waals surface area contributed by atoms with E-state index in [0.717, 1.165) is 21.5 Å². The zero-order chi connectivity index (χ0) is 30.6. The molecule has 0 spiro atoms. The van der Waals surface area contributed by atoms with Crippen LogP contribution in [0.4, 0.5) is 24.8 Å². The van der Waals surface area contributed by atoms with E-state index in [2.05, 4.69) is 30.4 Å². The number of fused-ring (bicyclic) bond motifs is 1. The highest BCUT2D eigenvalue weighted by Crippen LogP contribution is 2.32. The van der Waals surface area contributed by atoms with Crippen LogP contribution in [0.1, 0.15) is 29.4 Å². The van der Waals surface area contributed by atoms with Crippen LogP contribution >= 0.6 is 11.8 Å². The number of halogens is 3. The van der Waals surface area contributed by atoms with Gasteiger partial charge in [-0.15, -0.1) is 11.8 Å². The minimum atomic E-state index is -4.88. The fourth-order valence-corrected chi connectivity index (χ4v) is 5.00. The second-order valence-corrected chi connectivity index (χ2v) is 10.9. The number of rotatable bonds is 11. The average molecular weight is 617 g/mol. The largest absolute Gasteiger partial charge is 0.497 e. The van der Waals surface area contributed by atoms with Gasteiger partial charge < -0.3 is 19.7 Å². The van der Waals surface area contributed by atoms with Gasteiger partial charge in [0, 0.05) is 29.9 Å². The van der Waals surface area contributed by atoms with Crippen molar-refractivity contribution in [1.82, 2.24) is 29.5 Å². The zero-order valence-electron chi connectivity index (χ0n) is 23.8. The molecule has 1 aliphatic rings. The van der Waals surface area contributed by atoms with Crippen LogP contribution < -0.4 is 20.5 Å². The first kappa shape index (κ1) is 30.4. The van der Waals surface area contributed by atoms with Gasteiger partial charge in [-0.05, 0) is 36.9 Å². The number of alkyl halides is 3. The molecular weight excluding hydrogens is 585 g/mol. The van der Waals surface area contributed by atoms with Crippen molar-refractivity contribution in [2.45, 2.75) is 50.3 Å². The molecule has 3 aromatic heterocycles. The van der Waals surface area contributed by atoms with Gasteiger partial charge >= 0.3 is 6.18 Å². The van der Waals surface area contributed by atoms with Crippen LogP contribution in [-0.4, -0.2) is 62.1 Å². The first-order valence-electron chi connectivity index (χ1n) is 13.5. The van der Waals surface area contributed by atoms with Gasteiger partial charge in [0.25, 0.3) is 5.56 Å². The van der Waals surface area contributed by atoms with Crippen molar-refractivity contribution >= 4 is 23.4 Å². The Kier molecular flexibility index (Phi) is 9.20. The maximum Gasteiger partial charge on any atom is 0.423 e. The number of hydrogen-bond donors (Lipinski definition) is 1. The number of benzene rings is 1. The van der Waals surface area contributed by atoms with E-state index in [1.165, 1.54) is 7.11 Å². The summed E-state index contributed by atoms with van der Waals surface area (Å²) in [7, 11) is 1.51. The van der Waals surface area contributed by atoms with Crippen molar-refractivity contribution in [2.24, 2.45) is 0 Å². The molecular formula is C28H31F3N8O3S. The second kappa shape index (κ2) is 13.0. The van der Waals surface area contributed by atoms with Crippen molar-refractivity contribution in [3.63, 3.8) is 0 Å². The van der Waals surface area contributed by atoms with E-state index < -0.39 is 29.0 Å². The number of nitrogens with zero attached hydrogens (tertiary/aromatic N) is 7. The Morgan fingerprint density at radius 3 is 2.53 bits per heavy atom. The number of anilines is 2. The average Bonchev–Trinajstić information content (AvgIpc) is 3.40. The van der Waals surface area contributed by atoms with Gasteiger partial charge in [-0.3, -0.25) is 9.48 Å². The summed E-state index contributed by atoms with van der Waals surface area (Å²) >= 11 is 1.58. The molecule has 11 nitrogen and oxygen atoms in total. The third-order valence-electron chi connectivity index (χ3n) is 6.82. The molecule has 0 unspecified atom stereocenters. The summed E-state index contributed by atoms with van der Waals surface area (Å²) in [4.78, 5) is 24.8. The van der Waals surface area contributed by atoms with Gasteiger partial charge in [0.05, 0.1) is 63.2 Å². The van der Waals surface area contributed by atoms with Gasteiger partial charge in [-0.2, -0.15) is 23.4 Å². The van der Waals surface area contributed by atoms with Gasteiger partial charge in [-0.25, -0.2) is 14.6 Å². The monoisotopic (exact) mass is 616 g/mol. The standard InChI is InChI=1S/C28H31F3N8O3S/c1-18(16-42-17-20-10-21-15-37(8-9-38(21)36-20)27-32-11-23(43-3)12-33-27)35-24-13-34-39(26(40)25(24)28(29,30)31)14-19-4-6-22(41-2)7-5-19/h4-7,10-13,18,35H,8-9,14-17H2,1-3H3/t18-/m0/s1. The minimum absolute atomic E-state index is 0.0795. The third-order valence-corrected chi connectivity index (χ3v) is 7.50. The molecule has 1 aliphatic heterocycles. The summed E-state index contributed by atoms with van der Waals surface area (Å²) in [5.74, 6) is 1.25. The molecule has 0 saturated heterocycles. The number of aromatic nitrogens is 6. The third kappa shape index (κ3) is 7.28. The van der Waals surface area contributed by atoms with E-state index in [1.54, 1.807) is 55.3 Å². The number of ether oxygens (including phenoxy) is 2. The SMILES string of the molecule is COc1ccc(Cn2ncc(N[C@@H](C)COCc3cc4n(n3)CCN(c3ncc(SC)cn3)C4)c(C(F)(F)F)c2=O)cc1. The molecule has 15 heteroatoms. The van der Waals surface area contributed by atoms with E-state index in [0.29, 0.717) is 42.6 Å². The molecule has 228 valence electrons. The van der Waals surface area contributed by atoms with Crippen molar-refractivity contribution in [3.8, 4) is 5.75 Å². The summed E-state index contributed by atoms with van der Waals surface area (Å²) < 4.78 is 55.5. The highest BCUT2D eigenvalue weighted by molar-refractivity contribution is 7.98. The first-order valence-corrected chi connectivity index (χ1v) is 14.7. The molecule has 1 aromatic carbocycles. The van der Waals surface area contributed by atoms with Crippen LogP contribution in [-0.2, 0) is 37.2 Å². The Labute approximate surface area is 250 Å². The van der Waals surface area contributed by atoms with Gasteiger partial charge in [-0.1, -0.05) is 12.1 Å². The molecule has 5 rings (SSSR count). The van der Waals surface area contributed by atoms with Crippen molar-refractivity contribution in [2.75, 3.05) is 36.7 Å². The highest BCUT2D eigenvalue weighted by Gasteiger charge is 2.38. The molecule has 0 bridgehead atoms. The van der Waals surface area contributed by atoms with Crippen molar-refractivity contribution in [3.05, 3.63) is 81.8 Å². The summed E-state index contributed by atoms with van der Waals surface area (Å²) in [6.07, 6.45) is 1.72. The zero-order valence-corrected chi connectivity index (χ0v) is 24.7. The van der Waals surface area contributed by atoms with Crippen LogP contribution in [0.2, 0.25) is 0 Å². The lowest BCUT2D eigenvalue weighted by Crippen LogP contribution is -2.34. The topological polar surface area (TPSA) is 112 Å². The van der Waals surface area contributed by atoms with Crippen molar-refractivity contribution < 1.29 is 22.6 Å². The number of thioether (sulfide) groups is 1. The Bertz CT molecular complexity index is 1590. The second-order valence-electron chi connectivity index (χ2n) is 10.00. The lowest BCUT2D eigenvalue weighted by Gasteiger charge is -2.27. The van der Waals surface area contributed by atoms with E-state index >= 15 is 0 Å². The normalized spacial score (nSPS) is 14.0. The quantitative estimate of drug-likeness (QED) is 0.248. The van der Waals surface area contributed by atoms with Crippen molar-refractivity contribution in [1.29, 1.82) is 0 Å².